The zero-order valence-corrected chi connectivity index (χ0v) is 18.2. The van der Waals surface area contributed by atoms with Gasteiger partial charge in [-0.15, -0.1) is 22.7 Å². The summed E-state index contributed by atoms with van der Waals surface area (Å²) in [6.45, 7) is 0. The summed E-state index contributed by atoms with van der Waals surface area (Å²) in [7, 11) is 0. The summed E-state index contributed by atoms with van der Waals surface area (Å²) in [6.07, 6.45) is 8.21. The monoisotopic (exact) mass is 442 g/mol. The molecule has 0 unspecified atom stereocenters. The third-order valence-electron chi connectivity index (χ3n) is 5.20. The number of hydrogen-bond acceptors (Lipinski definition) is 5. The van der Waals surface area contributed by atoms with Crippen LogP contribution in [0.1, 0.15) is 28.0 Å². The number of anilines is 1. The van der Waals surface area contributed by atoms with Crippen LogP contribution in [0.5, 0.6) is 0 Å². The van der Waals surface area contributed by atoms with Crippen LogP contribution < -0.4 is 5.32 Å². The van der Waals surface area contributed by atoms with E-state index < -0.39 is 0 Å². The van der Waals surface area contributed by atoms with Crippen molar-refractivity contribution in [3.05, 3.63) is 81.7 Å². The van der Waals surface area contributed by atoms with Gasteiger partial charge in [-0.05, 0) is 54.5 Å². The second-order valence-corrected chi connectivity index (χ2v) is 9.24. The SMILES string of the molecule is N#Cc1c(NC(=O)/C=C/c2cn(-c3ccccc3)nc2-c2cccs2)sc2c1CCC2. The Morgan fingerprint density at radius 2 is 2.06 bits per heavy atom. The maximum Gasteiger partial charge on any atom is 0.249 e. The highest BCUT2D eigenvalue weighted by atomic mass is 32.1. The van der Waals surface area contributed by atoms with E-state index in [-0.39, 0.29) is 5.91 Å². The van der Waals surface area contributed by atoms with Crippen molar-refractivity contribution in [2.45, 2.75) is 19.3 Å². The first kappa shape index (κ1) is 19.5. The van der Waals surface area contributed by atoms with Gasteiger partial charge in [0.2, 0.25) is 5.91 Å². The largest absolute Gasteiger partial charge is 0.313 e. The van der Waals surface area contributed by atoms with Crippen molar-refractivity contribution >= 4 is 39.7 Å². The third-order valence-corrected chi connectivity index (χ3v) is 7.29. The van der Waals surface area contributed by atoms with Crippen molar-refractivity contribution in [2.75, 3.05) is 5.32 Å². The highest BCUT2D eigenvalue weighted by Gasteiger charge is 2.22. The van der Waals surface area contributed by atoms with Gasteiger partial charge in [0.25, 0.3) is 0 Å². The summed E-state index contributed by atoms with van der Waals surface area (Å²) >= 11 is 3.13. The molecule has 4 aromatic rings. The Balaban J connectivity index is 1.42. The van der Waals surface area contributed by atoms with E-state index >= 15 is 0 Å². The van der Waals surface area contributed by atoms with Gasteiger partial charge in [-0.2, -0.15) is 10.4 Å². The molecule has 5 nitrogen and oxygen atoms in total. The lowest BCUT2D eigenvalue weighted by molar-refractivity contribution is -0.111. The molecule has 1 aliphatic carbocycles. The number of nitrogens with zero attached hydrogens (tertiary/aromatic N) is 3. The first-order chi connectivity index (χ1) is 15.2. The maximum absolute atomic E-state index is 12.6. The van der Waals surface area contributed by atoms with E-state index in [4.69, 9.17) is 5.10 Å². The molecule has 0 fully saturated rings. The molecule has 31 heavy (non-hydrogen) atoms. The van der Waals surface area contributed by atoms with Crippen LogP contribution in [0.4, 0.5) is 5.00 Å². The van der Waals surface area contributed by atoms with Crippen LogP contribution in [-0.2, 0) is 17.6 Å². The molecule has 0 bridgehead atoms. The molecule has 1 N–H and O–H groups in total. The van der Waals surface area contributed by atoms with Crippen LogP contribution in [0.2, 0.25) is 0 Å². The van der Waals surface area contributed by atoms with Crippen LogP contribution >= 0.6 is 22.7 Å². The zero-order chi connectivity index (χ0) is 21.2. The molecule has 3 heterocycles. The zero-order valence-electron chi connectivity index (χ0n) is 16.5. The van der Waals surface area contributed by atoms with Crippen molar-refractivity contribution in [1.29, 1.82) is 5.26 Å². The summed E-state index contributed by atoms with van der Waals surface area (Å²) in [4.78, 5) is 14.9. The summed E-state index contributed by atoms with van der Waals surface area (Å²) < 4.78 is 1.82. The number of nitriles is 1. The minimum atomic E-state index is -0.249. The van der Waals surface area contributed by atoms with E-state index in [0.29, 0.717) is 10.6 Å². The Bertz CT molecular complexity index is 1310. The van der Waals surface area contributed by atoms with Gasteiger partial charge in [-0.1, -0.05) is 24.3 Å². The van der Waals surface area contributed by atoms with Gasteiger partial charge in [-0.3, -0.25) is 4.79 Å². The fourth-order valence-electron chi connectivity index (χ4n) is 3.76. The number of hydrogen-bond donors (Lipinski definition) is 1. The van der Waals surface area contributed by atoms with Gasteiger partial charge in [0.1, 0.15) is 16.8 Å². The molecule has 152 valence electrons. The van der Waals surface area contributed by atoms with E-state index in [1.54, 1.807) is 17.4 Å². The number of carbonyl (C=O) groups is 1. The second kappa shape index (κ2) is 8.34. The maximum atomic E-state index is 12.6. The highest BCUT2D eigenvalue weighted by molar-refractivity contribution is 7.16. The number of aryl methyl sites for hydroxylation is 1. The van der Waals surface area contributed by atoms with Crippen LogP contribution in [0.3, 0.4) is 0 Å². The van der Waals surface area contributed by atoms with Crippen molar-refractivity contribution < 1.29 is 4.79 Å². The number of thiophene rings is 2. The number of benzene rings is 1. The lowest BCUT2D eigenvalue weighted by atomic mass is 10.1. The number of rotatable bonds is 5. The molecule has 5 rings (SSSR count). The average molecular weight is 443 g/mol. The fourth-order valence-corrected chi connectivity index (χ4v) is 5.73. The number of nitrogens with one attached hydrogen (secondary N) is 1. The summed E-state index contributed by atoms with van der Waals surface area (Å²) in [5, 5.41) is 19.8. The van der Waals surface area contributed by atoms with Gasteiger partial charge < -0.3 is 5.32 Å². The van der Waals surface area contributed by atoms with Gasteiger partial charge in [-0.25, -0.2) is 4.68 Å². The van der Waals surface area contributed by atoms with Crippen molar-refractivity contribution in [3.8, 4) is 22.3 Å². The summed E-state index contributed by atoms with van der Waals surface area (Å²) in [5.74, 6) is -0.249. The molecular weight excluding hydrogens is 424 g/mol. The normalized spacial score (nSPS) is 12.7. The van der Waals surface area contributed by atoms with Crippen LogP contribution in [0, 0.1) is 11.3 Å². The average Bonchev–Trinajstić information content (AvgIpc) is 3.56. The Kier molecular flexibility index (Phi) is 5.24. The van der Waals surface area contributed by atoms with E-state index in [1.807, 2.05) is 58.7 Å². The van der Waals surface area contributed by atoms with Crippen LogP contribution in [0.25, 0.3) is 22.3 Å². The first-order valence-corrected chi connectivity index (χ1v) is 11.6. The summed E-state index contributed by atoms with van der Waals surface area (Å²) in [6, 6.07) is 16.2. The molecular formula is C24H18N4OS2. The van der Waals surface area contributed by atoms with Crippen molar-refractivity contribution in [2.24, 2.45) is 0 Å². The fraction of sp³-hybridized carbons (Fsp3) is 0.125. The molecule has 0 saturated heterocycles. The summed E-state index contributed by atoms with van der Waals surface area (Å²) in [5.41, 5.74) is 4.37. The molecule has 0 atom stereocenters. The molecule has 0 saturated carbocycles. The van der Waals surface area contributed by atoms with Gasteiger partial charge >= 0.3 is 0 Å². The van der Waals surface area contributed by atoms with Crippen LogP contribution in [0.15, 0.2) is 60.1 Å². The minimum absolute atomic E-state index is 0.249. The van der Waals surface area contributed by atoms with Gasteiger partial charge in [0, 0.05) is 22.7 Å². The molecule has 0 aliphatic heterocycles. The number of aromatic nitrogens is 2. The van der Waals surface area contributed by atoms with E-state index in [2.05, 4.69) is 11.4 Å². The van der Waals surface area contributed by atoms with E-state index in [1.165, 1.54) is 22.3 Å². The van der Waals surface area contributed by atoms with Gasteiger partial charge in [0.15, 0.2) is 0 Å². The van der Waals surface area contributed by atoms with Crippen molar-refractivity contribution in [1.82, 2.24) is 9.78 Å². The lowest BCUT2D eigenvalue weighted by Gasteiger charge is -2.00. The highest BCUT2D eigenvalue weighted by Crippen LogP contribution is 2.38. The van der Waals surface area contributed by atoms with E-state index in [9.17, 15) is 10.1 Å². The molecule has 3 aromatic heterocycles. The number of fused-ring (bicyclic) bond motifs is 1. The quantitative estimate of drug-likeness (QED) is 0.405. The topological polar surface area (TPSA) is 70.7 Å². The Labute approximate surface area is 187 Å². The molecule has 1 amide bonds. The molecule has 0 radical (unpaired) electrons. The number of carbonyl (C=O) groups excluding carboxylic acids is 1. The smallest absolute Gasteiger partial charge is 0.249 e. The molecule has 0 spiro atoms. The van der Waals surface area contributed by atoms with Crippen LogP contribution in [-0.4, -0.2) is 15.7 Å². The second-order valence-electron chi connectivity index (χ2n) is 7.19. The molecule has 1 aliphatic rings. The standard InChI is InChI=1S/C24H18N4OS2/c25-14-19-18-8-4-9-20(18)31-24(19)26-22(29)12-11-16-15-28(17-6-2-1-3-7-17)27-23(16)21-10-5-13-30-21/h1-3,5-7,10-13,15H,4,8-9H2,(H,26,29)/b12-11+. The molecule has 1 aromatic carbocycles. The molecule has 7 heteroatoms. The first-order valence-electron chi connectivity index (χ1n) is 9.95. The van der Waals surface area contributed by atoms with Gasteiger partial charge in [0.05, 0.1) is 16.1 Å². The lowest BCUT2D eigenvalue weighted by Crippen LogP contribution is -2.07. The van der Waals surface area contributed by atoms with Crippen molar-refractivity contribution in [3.63, 3.8) is 0 Å². The number of amides is 1. The minimum Gasteiger partial charge on any atom is -0.313 e. The third kappa shape index (κ3) is 3.83. The number of para-hydroxylation sites is 1. The Hall–Kier alpha value is -3.47. The predicted molar refractivity (Wildman–Crippen MR) is 126 cm³/mol. The Morgan fingerprint density at radius 1 is 1.19 bits per heavy atom. The predicted octanol–water partition coefficient (Wildman–Crippen LogP) is 5.67. The van der Waals surface area contributed by atoms with E-state index in [0.717, 1.165) is 46.6 Å². The Morgan fingerprint density at radius 3 is 2.84 bits per heavy atom.